The van der Waals surface area contributed by atoms with E-state index < -0.39 is 16.2 Å². The summed E-state index contributed by atoms with van der Waals surface area (Å²) in [6, 6.07) is 2.11. The maximum Gasteiger partial charge on any atom is 0.312 e. The zero-order valence-electron chi connectivity index (χ0n) is 23.7. The van der Waals surface area contributed by atoms with E-state index >= 15 is 0 Å². The molecule has 202 valence electrons. The van der Waals surface area contributed by atoms with Gasteiger partial charge in [0.2, 0.25) is 5.91 Å². The number of nitrogens with one attached hydrogen (secondary N) is 1. The van der Waals surface area contributed by atoms with Crippen LogP contribution in [0.15, 0.2) is 11.6 Å². The van der Waals surface area contributed by atoms with Crippen LogP contribution in [-0.4, -0.2) is 30.8 Å². The van der Waals surface area contributed by atoms with Gasteiger partial charge in [-0.2, -0.15) is 5.26 Å². The van der Waals surface area contributed by atoms with Crippen LogP contribution in [0.5, 0.6) is 0 Å². The Morgan fingerprint density at radius 1 is 1.00 bits per heavy atom. The Hall–Kier alpha value is -2.16. The molecule has 0 aromatic rings. The van der Waals surface area contributed by atoms with Crippen LogP contribution in [-0.2, 0) is 19.1 Å². The number of fused-ring (bicyclic) bond motifs is 7. The number of carbonyl (C=O) groups excluding carboxylic acids is 3. The van der Waals surface area contributed by atoms with E-state index in [0.717, 1.165) is 44.9 Å². The Morgan fingerprint density at radius 2 is 1.70 bits per heavy atom. The summed E-state index contributed by atoms with van der Waals surface area (Å²) in [4.78, 5) is 40.3. The normalized spacial score (nSPS) is 45.9. The van der Waals surface area contributed by atoms with E-state index in [1.165, 1.54) is 7.11 Å². The van der Waals surface area contributed by atoms with Gasteiger partial charge in [0.1, 0.15) is 6.07 Å². The van der Waals surface area contributed by atoms with E-state index in [9.17, 15) is 19.6 Å². The summed E-state index contributed by atoms with van der Waals surface area (Å²) >= 11 is 0. The van der Waals surface area contributed by atoms with Crippen molar-refractivity contribution in [2.45, 2.75) is 99.0 Å². The lowest BCUT2D eigenvalue weighted by atomic mass is 9.39. The lowest BCUT2D eigenvalue weighted by Gasteiger charge is -2.64. The maximum absolute atomic E-state index is 13.7. The van der Waals surface area contributed by atoms with Gasteiger partial charge in [0.15, 0.2) is 5.78 Å². The van der Waals surface area contributed by atoms with Crippen LogP contribution >= 0.6 is 0 Å². The van der Waals surface area contributed by atoms with E-state index in [0.29, 0.717) is 6.42 Å². The minimum Gasteiger partial charge on any atom is -0.469 e. The van der Waals surface area contributed by atoms with E-state index in [1.807, 2.05) is 19.9 Å². The fourth-order valence-corrected chi connectivity index (χ4v) is 10.3. The number of nitriles is 1. The summed E-state index contributed by atoms with van der Waals surface area (Å²) < 4.78 is 5.41. The standard InChI is InChI=1S/C31H44N2O4/c1-27(2)12-13-31(26(36)37-7)11-8-19-24(20(31)16-27)33-23(34)14-22-29(19,5)10-9-21-28(3,4)25(35)18(17-32)15-30(21,22)6/h15,19-22,24H,8-14,16H2,1-7H3,(H,33,34). The Labute approximate surface area is 222 Å². The molecule has 5 rings (SSSR count). The molecule has 1 heterocycles. The highest BCUT2D eigenvalue weighted by Gasteiger charge is 2.67. The van der Waals surface area contributed by atoms with E-state index in [1.54, 1.807) is 0 Å². The summed E-state index contributed by atoms with van der Waals surface area (Å²) in [5.74, 6) is 0.236. The van der Waals surface area contributed by atoms with Gasteiger partial charge in [0, 0.05) is 17.9 Å². The molecule has 0 bridgehead atoms. The monoisotopic (exact) mass is 508 g/mol. The first kappa shape index (κ1) is 26.4. The number of hydrogen-bond acceptors (Lipinski definition) is 5. The number of methoxy groups -OCH3 is 1. The number of nitrogens with zero attached hydrogens (tertiary/aromatic N) is 1. The molecule has 0 radical (unpaired) electrons. The number of hydrogen-bond donors (Lipinski definition) is 1. The molecule has 8 unspecified atom stereocenters. The van der Waals surface area contributed by atoms with Crippen molar-refractivity contribution in [2.75, 3.05) is 7.11 Å². The lowest BCUT2D eigenvalue weighted by molar-refractivity contribution is -0.176. The molecule has 8 atom stereocenters. The third-order valence-corrected chi connectivity index (χ3v) is 12.2. The lowest BCUT2D eigenvalue weighted by Crippen LogP contribution is -2.63. The van der Waals surface area contributed by atoms with Crippen LogP contribution in [0.2, 0.25) is 0 Å². The zero-order chi connectivity index (χ0) is 27.2. The molecule has 0 spiro atoms. The van der Waals surface area contributed by atoms with Gasteiger partial charge in [-0.25, -0.2) is 0 Å². The fourth-order valence-electron chi connectivity index (χ4n) is 10.3. The minimum atomic E-state index is -0.641. The highest BCUT2D eigenvalue weighted by Crippen LogP contribution is 2.69. The summed E-state index contributed by atoms with van der Waals surface area (Å²) in [5, 5.41) is 13.3. The second kappa shape index (κ2) is 8.17. The quantitative estimate of drug-likeness (QED) is 0.481. The third kappa shape index (κ3) is 3.51. The molecule has 0 aromatic carbocycles. The number of rotatable bonds is 1. The van der Waals surface area contributed by atoms with Crippen molar-refractivity contribution < 1.29 is 19.1 Å². The van der Waals surface area contributed by atoms with Gasteiger partial charge in [0.25, 0.3) is 0 Å². The van der Waals surface area contributed by atoms with Crippen molar-refractivity contribution in [3.05, 3.63) is 11.6 Å². The van der Waals surface area contributed by atoms with Gasteiger partial charge in [-0.1, -0.05) is 47.6 Å². The third-order valence-electron chi connectivity index (χ3n) is 12.2. The molecule has 1 N–H and O–H groups in total. The van der Waals surface area contributed by atoms with E-state index in [4.69, 9.17) is 4.74 Å². The van der Waals surface area contributed by atoms with Crippen molar-refractivity contribution >= 4 is 17.7 Å². The number of esters is 1. The van der Waals surface area contributed by atoms with Gasteiger partial charge >= 0.3 is 5.97 Å². The molecular formula is C31H44N2O4. The van der Waals surface area contributed by atoms with Crippen LogP contribution in [0, 0.1) is 62.1 Å². The molecule has 6 nitrogen and oxygen atoms in total. The molecule has 1 aliphatic heterocycles. The molecule has 3 saturated carbocycles. The molecule has 1 saturated heterocycles. The Balaban J connectivity index is 1.62. The Kier molecular flexibility index (Phi) is 5.84. The van der Waals surface area contributed by atoms with Crippen LogP contribution in [0.1, 0.15) is 92.9 Å². The van der Waals surface area contributed by atoms with Gasteiger partial charge < -0.3 is 10.1 Å². The molecule has 6 heteroatoms. The summed E-state index contributed by atoms with van der Waals surface area (Å²) in [6.45, 7) is 13.1. The first-order chi connectivity index (χ1) is 17.2. The minimum absolute atomic E-state index is 0.0201. The van der Waals surface area contributed by atoms with Crippen LogP contribution in [0.3, 0.4) is 0 Å². The number of allylic oxidation sites excluding steroid dienone is 2. The predicted octanol–water partition coefficient (Wildman–Crippen LogP) is 5.37. The van der Waals surface area contributed by atoms with Crippen molar-refractivity contribution in [1.82, 2.24) is 5.32 Å². The number of Topliss-reactive ketones (excluding diaryl/α,β-unsaturated/α-hetero) is 1. The first-order valence-electron chi connectivity index (χ1n) is 14.2. The van der Waals surface area contributed by atoms with Crippen molar-refractivity contribution in [3.8, 4) is 6.07 Å². The van der Waals surface area contributed by atoms with Gasteiger partial charge in [-0.15, -0.1) is 0 Å². The summed E-state index contributed by atoms with van der Waals surface area (Å²) in [5.41, 5.74) is -1.40. The summed E-state index contributed by atoms with van der Waals surface area (Å²) in [6.07, 6.45) is 8.52. The van der Waals surface area contributed by atoms with E-state index in [-0.39, 0.29) is 63.8 Å². The van der Waals surface area contributed by atoms with Crippen molar-refractivity contribution in [2.24, 2.45) is 50.7 Å². The van der Waals surface area contributed by atoms with Crippen LogP contribution < -0.4 is 5.32 Å². The molecule has 4 aliphatic carbocycles. The fraction of sp³-hybridized carbons (Fsp3) is 0.806. The number of carbonyl (C=O) groups is 3. The number of ketones is 1. The Morgan fingerprint density at radius 3 is 2.35 bits per heavy atom. The Bertz CT molecular complexity index is 1110. The predicted molar refractivity (Wildman–Crippen MR) is 140 cm³/mol. The molecular weight excluding hydrogens is 464 g/mol. The zero-order valence-corrected chi connectivity index (χ0v) is 23.7. The van der Waals surface area contributed by atoms with E-state index in [2.05, 4.69) is 39.1 Å². The highest BCUT2D eigenvalue weighted by atomic mass is 16.5. The molecule has 4 fully saturated rings. The van der Waals surface area contributed by atoms with Crippen molar-refractivity contribution in [1.29, 1.82) is 5.26 Å². The number of amides is 1. The van der Waals surface area contributed by atoms with Gasteiger partial charge in [0.05, 0.1) is 18.1 Å². The second-order valence-corrected chi connectivity index (χ2v) is 14.8. The highest BCUT2D eigenvalue weighted by molar-refractivity contribution is 6.04. The smallest absolute Gasteiger partial charge is 0.312 e. The SMILES string of the molecule is COC(=O)C12CCC3C(NC(=O)CC4C5(C)C=C(C#N)C(=O)C(C)(C)C5CCC34C)C1CC(C)(C)CC2. The second-order valence-electron chi connectivity index (χ2n) is 14.8. The molecule has 1 amide bonds. The van der Waals surface area contributed by atoms with Crippen LogP contribution in [0.4, 0.5) is 0 Å². The summed E-state index contributed by atoms with van der Waals surface area (Å²) in [7, 11) is 1.50. The van der Waals surface area contributed by atoms with Crippen molar-refractivity contribution in [3.63, 3.8) is 0 Å². The first-order valence-corrected chi connectivity index (χ1v) is 14.2. The van der Waals surface area contributed by atoms with Gasteiger partial charge in [-0.3, -0.25) is 14.4 Å². The molecule has 0 aromatic heterocycles. The largest absolute Gasteiger partial charge is 0.469 e. The van der Waals surface area contributed by atoms with Crippen LogP contribution in [0.25, 0.3) is 0 Å². The number of ether oxygens (including phenoxy) is 1. The maximum atomic E-state index is 13.7. The average Bonchev–Trinajstić information content (AvgIpc) is 2.95. The van der Waals surface area contributed by atoms with Gasteiger partial charge in [-0.05, 0) is 84.9 Å². The average molecular weight is 509 g/mol. The molecule has 5 aliphatic rings. The topological polar surface area (TPSA) is 96.3 Å². The molecule has 37 heavy (non-hydrogen) atoms.